The Morgan fingerprint density at radius 1 is 1.47 bits per heavy atom. The number of fused-ring (bicyclic) bond motifs is 1. The minimum Gasteiger partial charge on any atom is -0.480 e. The molecular weight excluding hydrogens is 242 g/mol. The summed E-state index contributed by atoms with van der Waals surface area (Å²) in [6, 6.07) is 0. The summed E-state index contributed by atoms with van der Waals surface area (Å²) in [5.41, 5.74) is -0.542. The van der Waals surface area contributed by atoms with Crippen LogP contribution in [0.15, 0.2) is 0 Å². The molecule has 2 fully saturated rings. The number of hydrogen-bond donors (Lipinski definition) is 1. The van der Waals surface area contributed by atoms with Crippen LogP contribution in [0, 0.1) is 0 Å². The number of carbonyl (C=O) groups excluding carboxylic acids is 1. The SMILES string of the molecule is CC(C)(C)OC(=O)N1CCC[C@]2(C(=O)O)SC12. The number of aliphatic carboxylic acids is 1. The molecule has 6 heteroatoms. The Morgan fingerprint density at radius 2 is 2.12 bits per heavy atom. The van der Waals surface area contributed by atoms with Gasteiger partial charge in [0, 0.05) is 6.54 Å². The van der Waals surface area contributed by atoms with Crippen molar-refractivity contribution in [1.29, 1.82) is 0 Å². The van der Waals surface area contributed by atoms with E-state index in [1.165, 1.54) is 11.8 Å². The summed E-state index contributed by atoms with van der Waals surface area (Å²) in [5, 5.41) is 8.93. The Hall–Kier alpha value is -0.910. The number of carboxylic acids is 1. The highest BCUT2D eigenvalue weighted by Gasteiger charge is 2.67. The third-order valence-electron chi connectivity index (χ3n) is 2.88. The lowest BCUT2D eigenvalue weighted by Crippen LogP contribution is -2.47. The Morgan fingerprint density at radius 3 is 2.65 bits per heavy atom. The summed E-state index contributed by atoms with van der Waals surface area (Å²) in [6.45, 7) is 6.00. The van der Waals surface area contributed by atoms with Crippen molar-refractivity contribution in [1.82, 2.24) is 4.90 Å². The zero-order valence-electron chi connectivity index (χ0n) is 10.2. The van der Waals surface area contributed by atoms with Crippen molar-refractivity contribution in [2.45, 2.75) is 49.3 Å². The molecule has 17 heavy (non-hydrogen) atoms. The average molecular weight is 259 g/mol. The standard InChI is InChI=1S/C11H17NO4S/c1-10(2,3)16-9(15)12-6-4-5-11(8(13)14)7(12)17-11/h7H,4-6H2,1-3H3,(H,13,14)/t7?,11-/m0/s1. The molecule has 1 unspecified atom stereocenters. The molecule has 2 rings (SSSR count). The summed E-state index contributed by atoms with van der Waals surface area (Å²) in [6.07, 6.45) is 0.948. The van der Waals surface area contributed by atoms with Crippen molar-refractivity contribution >= 4 is 23.8 Å². The van der Waals surface area contributed by atoms with Crippen molar-refractivity contribution in [3.05, 3.63) is 0 Å². The second kappa shape index (κ2) is 3.80. The molecule has 2 atom stereocenters. The number of carbonyl (C=O) groups is 2. The molecule has 2 aliphatic rings. The number of nitrogens with zero attached hydrogens (tertiary/aromatic N) is 1. The van der Waals surface area contributed by atoms with E-state index in [0.29, 0.717) is 13.0 Å². The van der Waals surface area contributed by atoms with E-state index in [4.69, 9.17) is 4.74 Å². The van der Waals surface area contributed by atoms with E-state index in [1.54, 1.807) is 25.7 Å². The molecule has 0 aromatic rings. The number of amides is 1. The fraction of sp³-hybridized carbons (Fsp3) is 0.818. The molecule has 0 aromatic carbocycles. The van der Waals surface area contributed by atoms with E-state index in [1.807, 2.05) is 0 Å². The highest BCUT2D eigenvalue weighted by Crippen LogP contribution is 2.60. The van der Waals surface area contributed by atoms with Gasteiger partial charge in [0.1, 0.15) is 15.7 Å². The lowest BCUT2D eigenvalue weighted by atomic mass is 9.99. The van der Waals surface area contributed by atoms with Crippen molar-refractivity contribution in [3.63, 3.8) is 0 Å². The highest BCUT2D eigenvalue weighted by atomic mass is 32.2. The molecule has 0 aliphatic carbocycles. The van der Waals surface area contributed by atoms with Crippen LogP contribution in [-0.2, 0) is 9.53 Å². The molecule has 0 bridgehead atoms. The number of carboxylic acid groups (broad SMARTS) is 1. The van der Waals surface area contributed by atoms with E-state index >= 15 is 0 Å². The van der Waals surface area contributed by atoms with Crippen LogP contribution in [0.1, 0.15) is 33.6 Å². The Bertz CT molecular complexity index is 365. The van der Waals surface area contributed by atoms with Gasteiger partial charge in [-0.15, -0.1) is 11.8 Å². The molecule has 2 saturated heterocycles. The predicted octanol–water partition coefficient (Wildman–Crippen LogP) is 1.91. The highest BCUT2D eigenvalue weighted by molar-refractivity contribution is 8.09. The van der Waals surface area contributed by atoms with Crippen molar-refractivity contribution in [3.8, 4) is 0 Å². The van der Waals surface area contributed by atoms with E-state index < -0.39 is 22.4 Å². The fourth-order valence-corrected chi connectivity index (χ4v) is 3.42. The second-order valence-electron chi connectivity index (χ2n) is 5.44. The largest absolute Gasteiger partial charge is 0.480 e. The topological polar surface area (TPSA) is 66.8 Å². The van der Waals surface area contributed by atoms with Gasteiger partial charge in [0.25, 0.3) is 0 Å². The van der Waals surface area contributed by atoms with Gasteiger partial charge in [0.05, 0.1) is 0 Å². The molecule has 96 valence electrons. The predicted molar refractivity (Wildman–Crippen MR) is 63.9 cm³/mol. The summed E-state index contributed by atoms with van der Waals surface area (Å²) < 4.78 is 4.51. The summed E-state index contributed by atoms with van der Waals surface area (Å²) >= 11 is 1.34. The third-order valence-corrected chi connectivity index (χ3v) is 4.53. The van der Waals surface area contributed by atoms with Crippen molar-refractivity contribution in [2.75, 3.05) is 6.54 Å². The number of piperidine rings is 1. The van der Waals surface area contributed by atoms with Crippen LogP contribution >= 0.6 is 11.8 Å². The molecule has 1 N–H and O–H groups in total. The lowest BCUT2D eigenvalue weighted by molar-refractivity contribution is -0.140. The summed E-state index contributed by atoms with van der Waals surface area (Å²) in [4.78, 5) is 24.6. The monoisotopic (exact) mass is 259 g/mol. The number of likely N-dealkylation sites (tertiary alicyclic amines) is 1. The van der Waals surface area contributed by atoms with Crippen LogP contribution in [0.4, 0.5) is 4.79 Å². The van der Waals surface area contributed by atoms with Crippen molar-refractivity contribution < 1.29 is 19.4 Å². The van der Waals surface area contributed by atoms with Gasteiger partial charge in [-0.3, -0.25) is 9.69 Å². The Labute approximate surface area is 104 Å². The minimum absolute atomic E-state index is 0.247. The van der Waals surface area contributed by atoms with Crippen LogP contribution in [0.3, 0.4) is 0 Å². The average Bonchev–Trinajstić information content (AvgIpc) is 2.89. The quantitative estimate of drug-likeness (QED) is 0.729. The zero-order valence-corrected chi connectivity index (χ0v) is 11.0. The molecule has 0 spiro atoms. The first-order valence-electron chi connectivity index (χ1n) is 5.67. The van der Waals surface area contributed by atoms with Gasteiger partial charge in [-0.05, 0) is 33.6 Å². The molecule has 1 amide bonds. The maximum atomic E-state index is 11.9. The maximum absolute atomic E-state index is 11.9. The molecule has 0 radical (unpaired) electrons. The lowest BCUT2D eigenvalue weighted by Gasteiger charge is -2.30. The van der Waals surface area contributed by atoms with E-state index in [-0.39, 0.29) is 5.37 Å². The molecule has 2 heterocycles. The molecular formula is C11H17NO4S. The zero-order chi connectivity index (χ0) is 12.8. The number of rotatable bonds is 1. The van der Waals surface area contributed by atoms with Crippen LogP contribution in [0.5, 0.6) is 0 Å². The van der Waals surface area contributed by atoms with Gasteiger partial charge in [-0.25, -0.2) is 4.79 Å². The van der Waals surface area contributed by atoms with Crippen LogP contribution in [0.2, 0.25) is 0 Å². The van der Waals surface area contributed by atoms with Gasteiger partial charge >= 0.3 is 12.1 Å². The Balaban J connectivity index is 2.04. The van der Waals surface area contributed by atoms with Gasteiger partial charge in [-0.2, -0.15) is 0 Å². The van der Waals surface area contributed by atoms with E-state index in [0.717, 1.165) is 6.42 Å². The Kier molecular flexibility index (Phi) is 2.80. The summed E-state index contributed by atoms with van der Waals surface area (Å²) in [7, 11) is 0. The van der Waals surface area contributed by atoms with Crippen LogP contribution in [-0.4, -0.2) is 44.3 Å². The van der Waals surface area contributed by atoms with Gasteiger partial charge in [-0.1, -0.05) is 0 Å². The fourth-order valence-electron chi connectivity index (χ4n) is 2.06. The summed E-state index contributed by atoms with van der Waals surface area (Å²) in [5.74, 6) is -0.819. The molecule has 5 nitrogen and oxygen atoms in total. The van der Waals surface area contributed by atoms with Crippen LogP contribution in [0.25, 0.3) is 0 Å². The van der Waals surface area contributed by atoms with Crippen LogP contribution < -0.4 is 0 Å². The van der Waals surface area contributed by atoms with Crippen molar-refractivity contribution in [2.24, 2.45) is 0 Å². The molecule has 0 saturated carbocycles. The molecule has 2 aliphatic heterocycles. The molecule has 0 aromatic heterocycles. The number of thioether (sulfide) groups is 1. The van der Waals surface area contributed by atoms with Gasteiger partial charge in [0.2, 0.25) is 0 Å². The number of hydrogen-bond acceptors (Lipinski definition) is 4. The maximum Gasteiger partial charge on any atom is 0.411 e. The first kappa shape index (κ1) is 12.5. The third kappa shape index (κ3) is 2.22. The normalized spacial score (nSPS) is 31.7. The second-order valence-corrected chi connectivity index (χ2v) is 6.85. The van der Waals surface area contributed by atoms with E-state index in [9.17, 15) is 14.7 Å². The number of ether oxygens (including phenoxy) is 1. The van der Waals surface area contributed by atoms with Gasteiger partial charge in [0.15, 0.2) is 0 Å². The first-order chi connectivity index (χ1) is 7.76. The first-order valence-corrected chi connectivity index (χ1v) is 6.55. The van der Waals surface area contributed by atoms with Gasteiger partial charge < -0.3 is 9.84 Å². The smallest absolute Gasteiger partial charge is 0.411 e. The van der Waals surface area contributed by atoms with E-state index in [2.05, 4.69) is 0 Å². The minimum atomic E-state index is -0.819.